The van der Waals surface area contributed by atoms with Crippen molar-refractivity contribution in [1.29, 1.82) is 0 Å². The second-order valence-corrected chi connectivity index (χ2v) is 6.82. The largest absolute Gasteiger partial charge is 0.369 e. The van der Waals surface area contributed by atoms with Gasteiger partial charge in [0.2, 0.25) is 5.91 Å². The molecule has 6 heteroatoms. The van der Waals surface area contributed by atoms with Gasteiger partial charge in [0, 0.05) is 29.8 Å². The Bertz CT molecular complexity index is 893. The zero-order chi connectivity index (χ0) is 19.6. The molecule has 1 atom stereocenters. The van der Waals surface area contributed by atoms with E-state index in [-0.39, 0.29) is 23.5 Å². The van der Waals surface area contributed by atoms with Gasteiger partial charge in [0.15, 0.2) is 5.78 Å². The van der Waals surface area contributed by atoms with E-state index in [1.807, 2.05) is 0 Å². The molecule has 27 heavy (non-hydrogen) atoms. The molecule has 1 aliphatic rings. The van der Waals surface area contributed by atoms with E-state index in [1.165, 1.54) is 25.1 Å². The Kier molecular flexibility index (Phi) is 5.35. The van der Waals surface area contributed by atoms with E-state index in [4.69, 9.17) is 5.73 Å². The van der Waals surface area contributed by atoms with Gasteiger partial charge in [-0.15, -0.1) is 0 Å². The number of rotatable bonds is 4. The molecule has 2 N–H and O–H groups in total. The zero-order valence-corrected chi connectivity index (χ0v) is 15.1. The van der Waals surface area contributed by atoms with Crippen LogP contribution in [0.2, 0.25) is 0 Å². The molecule has 0 saturated carbocycles. The Morgan fingerprint density at radius 2 is 1.74 bits per heavy atom. The van der Waals surface area contributed by atoms with E-state index in [2.05, 4.69) is 0 Å². The van der Waals surface area contributed by atoms with Crippen molar-refractivity contribution in [3.63, 3.8) is 0 Å². The van der Waals surface area contributed by atoms with Crippen LogP contribution in [0.15, 0.2) is 42.5 Å². The normalized spacial score (nSPS) is 16.8. The summed E-state index contributed by atoms with van der Waals surface area (Å²) in [6.45, 7) is 2.33. The SMILES string of the molecule is CC(=O)c1ccc(F)c(-c2ccc(C(=O)N3CCC[C@H](C(N)=O)C3)cc2)c1. The van der Waals surface area contributed by atoms with Crippen molar-refractivity contribution in [2.75, 3.05) is 13.1 Å². The number of nitrogens with two attached hydrogens (primary N) is 1. The van der Waals surface area contributed by atoms with Gasteiger partial charge in [-0.3, -0.25) is 14.4 Å². The van der Waals surface area contributed by atoms with E-state index in [0.29, 0.717) is 41.8 Å². The van der Waals surface area contributed by atoms with E-state index >= 15 is 0 Å². The third kappa shape index (κ3) is 4.05. The molecule has 1 fully saturated rings. The summed E-state index contributed by atoms with van der Waals surface area (Å²) >= 11 is 0. The molecule has 0 radical (unpaired) electrons. The minimum Gasteiger partial charge on any atom is -0.369 e. The van der Waals surface area contributed by atoms with Crippen LogP contribution in [0.4, 0.5) is 4.39 Å². The lowest BCUT2D eigenvalue weighted by atomic mass is 9.96. The van der Waals surface area contributed by atoms with Crippen LogP contribution in [0, 0.1) is 11.7 Å². The van der Waals surface area contributed by atoms with Crippen LogP contribution in [0.25, 0.3) is 11.1 Å². The Hall–Kier alpha value is -3.02. The van der Waals surface area contributed by atoms with Gasteiger partial charge in [0.25, 0.3) is 5.91 Å². The second kappa shape index (κ2) is 7.70. The number of carbonyl (C=O) groups excluding carboxylic acids is 3. The highest BCUT2D eigenvalue weighted by atomic mass is 19.1. The number of hydrogen-bond donors (Lipinski definition) is 1. The minimum atomic E-state index is -0.431. The third-order valence-electron chi connectivity index (χ3n) is 4.93. The summed E-state index contributed by atoms with van der Waals surface area (Å²) in [5, 5.41) is 0. The van der Waals surface area contributed by atoms with Crippen LogP contribution >= 0.6 is 0 Å². The standard InChI is InChI=1S/C21H21FN2O3/c1-13(25)16-8-9-19(22)18(11-16)14-4-6-15(7-5-14)21(27)24-10-2-3-17(12-24)20(23)26/h4-9,11,17H,2-3,10,12H2,1H3,(H2,23,26)/t17-/m0/s1. The first-order chi connectivity index (χ1) is 12.9. The average molecular weight is 368 g/mol. The molecule has 0 aliphatic carbocycles. The summed E-state index contributed by atoms with van der Waals surface area (Å²) < 4.78 is 14.2. The molecular weight excluding hydrogens is 347 g/mol. The first-order valence-electron chi connectivity index (χ1n) is 8.86. The number of Topliss-reactive ketones (excluding diaryl/α,β-unsaturated/α-hetero) is 1. The number of benzene rings is 2. The number of nitrogens with zero attached hydrogens (tertiary/aromatic N) is 1. The summed E-state index contributed by atoms with van der Waals surface area (Å²) in [6.07, 6.45) is 1.43. The second-order valence-electron chi connectivity index (χ2n) is 6.82. The molecule has 0 bridgehead atoms. The van der Waals surface area contributed by atoms with Crippen LogP contribution in [-0.4, -0.2) is 35.6 Å². The predicted octanol–water partition coefficient (Wildman–Crippen LogP) is 3.03. The fraction of sp³-hybridized carbons (Fsp3) is 0.286. The van der Waals surface area contributed by atoms with Crippen molar-refractivity contribution >= 4 is 17.6 Å². The van der Waals surface area contributed by atoms with Gasteiger partial charge < -0.3 is 10.6 Å². The Morgan fingerprint density at radius 3 is 2.37 bits per heavy atom. The van der Waals surface area contributed by atoms with Gasteiger partial charge in [-0.05, 0) is 55.7 Å². The fourth-order valence-corrected chi connectivity index (χ4v) is 3.33. The summed E-state index contributed by atoms with van der Waals surface area (Å²) in [6, 6.07) is 10.8. The summed E-state index contributed by atoms with van der Waals surface area (Å²) in [5.74, 6) is -1.45. The molecule has 0 aromatic heterocycles. The highest BCUT2D eigenvalue weighted by Gasteiger charge is 2.27. The van der Waals surface area contributed by atoms with Gasteiger partial charge in [-0.2, -0.15) is 0 Å². The van der Waals surface area contributed by atoms with Crippen LogP contribution in [0.5, 0.6) is 0 Å². The Morgan fingerprint density at radius 1 is 1.07 bits per heavy atom. The van der Waals surface area contributed by atoms with Crippen molar-refractivity contribution in [2.24, 2.45) is 11.7 Å². The van der Waals surface area contributed by atoms with Crippen LogP contribution in [0.3, 0.4) is 0 Å². The molecule has 5 nitrogen and oxygen atoms in total. The molecule has 1 saturated heterocycles. The van der Waals surface area contributed by atoms with Crippen molar-refractivity contribution in [3.8, 4) is 11.1 Å². The number of likely N-dealkylation sites (tertiary alicyclic amines) is 1. The number of halogens is 1. The Balaban J connectivity index is 1.81. The lowest BCUT2D eigenvalue weighted by Crippen LogP contribution is -2.44. The maximum absolute atomic E-state index is 14.2. The summed E-state index contributed by atoms with van der Waals surface area (Å²) in [4.78, 5) is 37.2. The number of primary amides is 1. The van der Waals surface area contributed by atoms with Crippen LogP contribution in [-0.2, 0) is 4.79 Å². The molecular formula is C21H21FN2O3. The van der Waals surface area contributed by atoms with Crippen molar-refractivity contribution in [3.05, 3.63) is 59.4 Å². The minimum absolute atomic E-state index is 0.142. The predicted molar refractivity (Wildman–Crippen MR) is 99.7 cm³/mol. The maximum atomic E-state index is 14.2. The van der Waals surface area contributed by atoms with Crippen LogP contribution in [0.1, 0.15) is 40.5 Å². The number of carbonyl (C=O) groups is 3. The lowest BCUT2D eigenvalue weighted by Gasteiger charge is -2.31. The van der Waals surface area contributed by atoms with E-state index in [9.17, 15) is 18.8 Å². The summed E-state index contributed by atoms with van der Waals surface area (Å²) in [5.41, 5.74) is 7.15. The Labute approximate surface area is 157 Å². The third-order valence-corrected chi connectivity index (χ3v) is 4.93. The van der Waals surface area contributed by atoms with Crippen molar-refractivity contribution in [2.45, 2.75) is 19.8 Å². The van der Waals surface area contributed by atoms with Gasteiger partial charge in [0.1, 0.15) is 5.82 Å². The quantitative estimate of drug-likeness (QED) is 0.843. The highest BCUT2D eigenvalue weighted by Crippen LogP contribution is 2.26. The fourth-order valence-electron chi connectivity index (χ4n) is 3.33. The summed E-state index contributed by atoms with van der Waals surface area (Å²) in [7, 11) is 0. The monoisotopic (exact) mass is 368 g/mol. The highest BCUT2D eigenvalue weighted by molar-refractivity contribution is 5.96. The lowest BCUT2D eigenvalue weighted by molar-refractivity contribution is -0.123. The van der Waals surface area contributed by atoms with E-state index in [1.54, 1.807) is 29.2 Å². The molecule has 0 spiro atoms. The van der Waals surface area contributed by atoms with E-state index in [0.717, 1.165) is 6.42 Å². The number of ketones is 1. The first-order valence-corrected chi connectivity index (χ1v) is 8.86. The van der Waals surface area contributed by atoms with Gasteiger partial charge in [-0.1, -0.05) is 12.1 Å². The van der Waals surface area contributed by atoms with E-state index < -0.39 is 5.82 Å². The molecule has 2 aromatic carbocycles. The number of hydrogen-bond acceptors (Lipinski definition) is 3. The first kappa shape index (κ1) is 18.8. The molecule has 0 unspecified atom stereocenters. The van der Waals surface area contributed by atoms with Gasteiger partial charge >= 0.3 is 0 Å². The average Bonchev–Trinajstić information content (AvgIpc) is 2.68. The molecule has 2 amide bonds. The topological polar surface area (TPSA) is 80.5 Å². The molecule has 1 heterocycles. The number of amides is 2. The smallest absolute Gasteiger partial charge is 0.253 e. The molecule has 2 aromatic rings. The molecule has 3 rings (SSSR count). The van der Waals surface area contributed by atoms with Crippen LogP contribution < -0.4 is 5.73 Å². The van der Waals surface area contributed by atoms with Gasteiger partial charge in [0.05, 0.1) is 5.92 Å². The van der Waals surface area contributed by atoms with Crippen molar-refractivity contribution in [1.82, 2.24) is 4.90 Å². The molecule has 1 aliphatic heterocycles. The van der Waals surface area contributed by atoms with Gasteiger partial charge in [-0.25, -0.2) is 4.39 Å². The number of piperidine rings is 1. The van der Waals surface area contributed by atoms with Crippen molar-refractivity contribution < 1.29 is 18.8 Å². The maximum Gasteiger partial charge on any atom is 0.253 e. The molecule has 140 valence electrons. The zero-order valence-electron chi connectivity index (χ0n) is 15.1.